The van der Waals surface area contributed by atoms with Crippen LogP contribution in [0.25, 0.3) is 6.08 Å². The predicted octanol–water partition coefficient (Wildman–Crippen LogP) is 3.23. The van der Waals surface area contributed by atoms with Crippen LogP contribution in [-0.2, 0) is 4.79 Å². The van der Waals surface area contributed by atoms with Gasteiger partial charge >= 0.3 is 5.97 Å². The number of carboxylic acid groups (broad SMARTS) is 1. The lowest BCUT2D eigenvalue weighted by Crippen LogP contribution is -1.99. The summed E-state index contributed by atoms with van der Waals surface area (Å²) >= 11 is 6.04. The third-order valence-electron chi connectivity index (χ3n) is 2.55. The number of ether oxygens (including phenoxy) is 1. The molecule has 1 fully saturated rings. The van der Waals surface area contributed by atoms with Crippen molar-refractivity contribution in [2.45, 2.75) is 12.8 Å². The van der Waals surface area contributed by atoms with E-state index in [4.69, 9.17) is 21.4 Å². The largest absolute Gasteiger partial charge is 0.492 e. The molecule has 0 radical (unpaired) electrons. The number of hydrogen-bond acceptors (Lipinski definition) is 2. The van der Waals surface area contributed by atoms with E-state index in [0.29, 0.717) is 23.3 Å². The van der Waals surface area contributed by atoms with E-state index in [-0.39, 0.29) is 0 Å². The van der Waals surface area contributed by atoms with Gasteiger partial charge in [-0.1, -0.05) is 17.7 Å². The zero-order valence-corrected chi connectivity index (χ0v) is 9.98. The lowest BCUT2D eigenvalue weighted by atomic mass is 10.2. The van der Waals surface area contributed by atoms with Crippen LogP contribution in [0.3, 0.4) is 0 Å². The SMILES string of the molecule is O=C(O)C=Cc1ccc(OCC2CC2)c(Cl)c1. The number of aliphatic carboxylic acids is 1. The summed E-state index contributed by atoms with van der Waals surface area (Å²) in [6, 6.07) is 5.25. The zero-order chi connectivity index (χ0) is 12.3. The van der Waals surface area contributed by atoms with Gasteiger partial charge in [0.25, 0.3) is 0 Å². The minimum absolute atomic E-state index is 0.512. The van der Waals surface area contributed by atoms with E-state index in [1.165, 1.54) is 18.9 Å². The van der Waals surface area contributed by atoms with Gasteiger partial charge < -0.3 is 9.84 Å². The summed E-state index contributed by atoms with van der Waals surface area (Å²) < 4.78 is 5.57. The molecule has 1 saturated carbocycles. The van der Waals surface area contributed by atoms with Gasteiger partial charge in [0, 0.05) is 6.08 Å². The molecule has 0 unspecified atom stereocenters. The fraction of sp³-hybridized carbons (Fsp3) is 0.308. The van der Waals surface area contributed by atoms with Gasteiger partial charge in [0.05, 0.1) is 11.6 Å². The summed E-state index contributed by atoms with van der Waals surface area (Å²) in [6.07, 6.45) is 5.05. The molecule has 0 aliphatic heterocycles. The lowest BCUT2D eigenvalue weighted by molar-refractivity contribution is -0.131. The van der Waals surface area contributed by atoms with Crippen LogP contribution in [0.2, 0.25) is 5.02 Å². The van der Waals surface area contributed by atoms with Gasteiger partial charge in [0.2, 0.25) is 0 Å². The molecule has 0 saturated heterocycles. The van der Waals surface area contributed by atoms with Crippen molar-refractivity contribution >= 4 is 23.6 Å². The molecule has 4 heteroatoms. The summed E-state index contributed by atoms with van der Waals surface area (Å²) in [5.74, 6) is 0.360. The highest BCUT2D eigenvalue weighted by atomic mass is 35.5. The average molecular weight is 253 g/mol. The minimum atomic E-state index is -0.977. The summed E-state index contributed by atoms with van der Waals surface area (Å²) in [4.78, 5) is 10.4. The molecule has 0 spiro atoms. The molecule has 0 aromatic heterocycles. The summed E-state index contributed by atoms with van der Waals surface area (Å²) in [6.45, 7) is 0.712. The highest BCUT2D eigenvalue weighted by Crippen LogP contribution is 2.32. The van der Waals surface area contributed by atoms with E-state index in [2.05, 4.69) is 0 Å². The standard InChI is InChI=1S/C13H13ClO3/c14-11-7-9(4-6-13(15)16)3-5-12(11)17-8-10-1-2-10/h3-7,10H,1-2,8H2,(H,15,16). The number of carboxylic acids is 1. The Morgan fingerprint density at radius 2 is 2.29 bits per heavy atom. The first-order valence-electron chi connectivity index (χ1n) is 5.48. The number of hydrogen-bond donors (Lipinski definition) is 1. The summed E-state index contributed by atoms with van der Waals surface area (Å²) in [5.41, 5.74) is 0.746. The molecule has 1 aliphatic carbocycles. The first-order chi connectivity index (χ1) is 8.15. The molecule has 0 bridgehead atoms. The first kappa shape index (κ1) is 12.0. The molecule has 0 heterocycles. The number of benzene rings is 1. The molecule has 3 nitrogen and oxygen atoms in total. The molecule has 90 valence electrons. The molecule has 1 aromatic carbocycles. The van der Waals surface area contributed by atoms with E-state index in [1.807, 2.05) is 0 Å². The topological polar surface area (TPSA) is 46.5 Å². The molecule has 0 atom stereocenters. The number of halogens is 1. The Balaban J connectivity index is 2.02. The van der Waals surface area contributed by atoms with Gasteiger partial charge in [-0.3, -0.25) is 0 Å². The van der Waals surface area contributed by atoms with E-state index in [1.54, 1.807) is 18.2 Å². The van der Waals surface area contributed by atoms with E-state index in [9.17, 15) is 4.79 Å². The average Bonchev–Trinajstić information content (AvgIpc) is 3.09. The van der Waals surface area contributed by atoms with Crippen molar-refractivity contribution in [2.75, 3.05) is 6.61 Å². The molecule has 0 amide bonds. The van der Waals surface area contributed by atoms with Crippen LogP contribution >= 0.6 is 11.6 Å². The van der Waals surface area contributed by atoms with Crippen LogP contribution in [0.5, 0.6) is 5.75 Å². The van der Waals surface area contributed by atoms with Crippen LogP contribution in [0, 0.1) is 5.92 Å². The molecule has 1 aliphatic rings. The monoisotopic (exact) mass is 252 g/mol. The Bertz CT molecular complexity index is 450. The van der Waals surface area contributed by atoms with Gasteiger partial charge in [0.15, 0.2) is 0 Å². The Morgan fingerprint density at radius 3 is 2.88 bits per heavy atom. The number of carbonyl (C=O) groups is 1. The fourth-order valence-corrected chi connectivity index (χ4v) is 1.64. The third kappa shape index (κ3) is 3.79. The molecule has 1 N–H and O–H groups in total. The van der Waals surface area contributed by atoms with Crippen molar-refractivity contribution in [1.29, 1.82) is 0 Å². The second-order valence-electron chi connectivity index (χ2n) is 4.12. The van der Waals surface area contributed by atoms with Crippen molar-refractivity contribution in [2.24, 2.45) is 5.92 Å². The van der Waals surface area contributed by atoms with Crippen LogP contribution in [-0.4, -0.2) is 17.7 Å². The predicted molar refractivity (Wildman–Crippen MR) is 66.3 cm³/mol. The van der Waals surface area contributed by atoms with Crippen LogP contribution in [0.4, 0.5) is 0 Å². The molecule has 2 rings (SSSR count). The van der Waals surface area contributed by atoms with E-state index >= 15 is 0 Å². The highest BCUT2D eigenvalue weighted by molar-refractivity contribution is 6.32. The number of rotatable bonds is 5. The van der Waals surface area contributed by atoms with Crippen molar-refractivity contribution in [3.05, 3.63) is 34.9 Å². The van der Waals surface area contributed by atoms with Crippen molar-refractivity contribution in [1.82, 2.24) is 0 Å². The van der Waals surface area contributed by atoms with Gasteiger partial charge in [0.1, 0.15) is 5.75 Å². The maximum absolute atomic E-state index is 10.4. The Labute approximate surface area is 105 Å². The van der Waals surface area contributed by atoms with Crippen LogP contribution in [0.1, 0.15) is 18.4 Å². The Morgan fingerprint density at radius 1 is 1.53 bits per heavy atom. The van der Waals surface area contributed by atoms with Gasteiger partial charge in [-0.25, -0.2) is 4.79 Å². The smallest absolute Gasteiger partial charge is 0.328 e. The van der Waals surface area contributed by atoms with Crippen molar-refractivity contribution in [3.8, 4) is 5.75 Å². The zero-order valence-electron chi connectivity index (χ0n) is 9.23. The molecular formula is C13H13ClO3. The quantitative estimate of drug-likeness (QED) is 0.819. The molecule has 17 heavy (non-hydrogen) atoms. The van der Waals surface area contributed by atoms with E-state index in [0.717, 1.165) is 11.6 Å². The Hall–Kier alpha value is -1.48. The second kappa shape index (κ2) is 5.23. The van der Waals surface area contributed by atoms with Crippen LogP contribution in [0.15, 0.2) is 24.3 Å². The lowest BCUT2D eigenvalue weighted by Gasteiger charge is -2.07. The van der Waals surface area contributed by atoms with Gasteiger partial charge in [-0.15, -0.1) is 0 Å². The second-order valence-corrected chi connectivity index (χ2v) is 4.52. The van der Waals surface area contributed by atoms with Crippen LogP contribution < -0.4 is 4.74 Å². The highest BCUT2D eigenvalue weighted by Gasteiger charge is 2.22. The van der Waals surface area contributed by atoms with Crippen molar-refractivity contribution in [3.63, 3.8) is 0 Å². The van der Waals surface area contributed by atoms with E-state index < -0.39 is 5.97 Å². The summed E-state index contributed by atoms with van der Waals surface area (Å²) in [5, 5.41) is 9.02. The first-order valence-corrected chi connectivity index (χ1v) is 5.86. The molecular weight excluding hydrogens is 240 g/mol. The van der Waals surface area contributed by atoms with Crippen molar-refractivity contribution < 1.29 is 14.6 Å². The minimum Gasteiger partial charge on any atom is -0.492 e. The summed E-state index contributed by atoms with van der Waals surface area (Å²) in [7, 11) is 0. The van der Waals surface area contributed by atoms with Gasteiger partial charge in [-0.05, 0) is 42.5 Å². The normalized spacial score (nSPS) is 15.1. The van der Waals surface area contributed by atoms with Gasteiger partial charge in [-0.2, -0.15) is 0 Å². The third-order valence-corrected chi connectivity index (χ3v) is 2.84. The maximum atomic E-state index is 10.4. The Kier molecular flexibility index (Phi) is 3.69. The fourth-order valence-electron chi connectivity index (χ4n) is 1.40. The molecule has 1 aromatic rings. The maximum Gasteiger partial charge on any atom is 0.328 e.